The third-order valence-electron chi connectivity index (χ3n) is 4.28. The number of methoxy groups -OCH3 is 1. The average Bonchev–Trinajstić information content (AvgIpc) is 2.73. The molecule has 0 fully saturated rings. The molecule has 0 aliphatic heterocycles. The molecule has 0 spiro atoms. The zero-order valence-electron chi connectivity index (χ0n) is 16.3. The number of benzene rings is 2. The number of rotatable bonds is 8. The molecule has 1 amide bonds. The van der Waals surface area contributed by atoms with Gasteiger partial charge in [-0.25, -0.2) is 4.98 Å². The van der Waals surface area contributed by atoms with Crippen molar-refractivity contribution in [1.82, 2.24) is 14.9 Å². The van der Waals surface area contributed by atoms with Crippen molar-refractivity contribution >= 4 is 44.5 Å². The van der Waals surface area contributed by atoms with Gasteiger partial charge in [0.2, 0.25) is 5.91 Å². The Morgan fingerprint density at radius 2 is 2.10 bits per heavy atom. The second-order valence-corrected chi connectivity index (χ2v) is 8.29. The van der Waals surface area contributed by atoms with Crippen molar-refractivity contribution in [1.29, 1.82) is 0 Å². The van der Waals surface area contributed by atoms with Crippen LogP contribution in [0, 0.1) is 0 Å². The Labute approximate surface area is 181 Å². The van der Waals surface area contributed by atoms with Gasteiger partial charge in [0.1, 0.15) is 5.75 Å². The maximum Gasteiger partial charge on any atom is 0.262 e. The molecule has 1 N–H and O–H groups in total. The number of carbonyl (C=O) groups excluding carboxylic acids is 1. The van der Waals surface area contributed by atoms with Gasteiger partial charge in [-0.1, -0.05) is 46.7 Å². The number of ether oxygens (including phenoxy) is 1. The molecule has 0 radical (unpaired) electrons. The van der Waals surface area contributed by atoms with Crippen molar-refractivity contribution in [2.45, 2.75) is 31.6 Å². The number of nitrogens with one attached hydrogen (secondary N) is 1. The van der Waals surface area contributed by atoms with Crippen molar-refractivity contribution in [3.8, 4) is 5.75 Å². The molecule has 3 aromatic rings. The lowest BCUT2D eigenvalue weighted by Gasteiger charge is -2.12. The maximum atomic E-state index is 12.9. The van der Waals surface area contributed by atoms with Crippen LogP contribution in [0.5, 0.6) is 5.75 Å². The lowest BCUT2D eigenvalue weighted by atomic mass is 10.2. The third-order valence-corrected chi connectivity index (χ3v) is 5.75. The van der Waals surface area contributed by atoms with Crippen LogP contribution in [-0.4, -0.2) is 28.3 Å². The van der Waals surface area contributed by atoms with Gasteiger partial charge in [0, 0.05) is 17.6 Å². The Kier molecular flexibility index (Phi) is 7.33. The third kappa shape index (κ3) is 5.39. The van der Waals surface area contributed by atoms with Crippen molar-refractivity contribution in [2.24, 2.45) is 0 Å². The highest BCUT2D eigenvalue weighted by molar-refractivity contribution is 9.10. The van der Waals surface area contributed by atoms with Crippen LogP contribution in [0.2, 0.25) is 0 Å². The van der Waals surface area contributed by atoms with Gasteiger partial charge in [-0.2, -0.15) is 0 Å². The van der Waals surface area contributed by atoms with Gasteiger partial charge in [0.15, 0.2) is 5.16 Å². The van der Waals surface area contributed by atoms with Gasteiger partial charge in [-0.05, 0) is 42.3 Å². The van der Waals surface area contributed by atoms with Crippen LogP contribution in [0.3, 0.4) is 0 Å². The highest BCUT2D eigenvalue weighted by atomic mass is 79.9. The summed E-state index contributed by atoms with van der Waals surface area (Å²) < 4.78 is 7.68. The molecular weight excluding hydrogens is 454 g/mol. The van der Waals surface area contributed by atoms with Crippen molar-refractivity contribution in [3.63, 3.8) is 0 Å². The molecule has 3 rings (SSSR count). The number of thioether (sulfide) groups is 1. The summed E-state index contributed by atoms with van der Waals surface area (Å²) in [5.41, 5.74) is 1.50. The second-order valence-electron chi connectivity index (χ2n) is 6.43. The summed E-state index contributed by atoms with van der Waals surface area (Å²) in [6.45, 7) is 2.98. The van der Waals surface area contributed by atoms with Crippen LogP contribution in [0.4, 0.5) is 0 Å². The molecule has 8 heteroatoms. The minimum Gasteiger partial charge on any atom is -0.497 e. The molecule has 0 atom stereocenters. The lowest BCUT2D eigenvalue weighted by molar-refractivity contribution is -0.118. The Morgan fingerprint density at radius 1 is 1.28 bits per heavy atom. The summed E-state index contributed by atoms with van der Waals surface area (Å²) in [7, 11) is 1.61. The number of halogens is 1. The molecule has 0 bridgehead atoms. The van der Waals surface area contributed by atoms with Gasteiger partial charge in [0.05, 0.1) is 23.8 Å². The molecular formula is C21H22BrN3O3S. The smallest absolute Gasteiger partial charge is 0.262 e. The van der Waals surface area contributed by atoms with Crippen molar-refractivity contribution in [2.75, 3.05) is 12.9 Å². The highest BCUT2D eigenvalue weighted by Gasteiger charge is 2.13. The largest absolute Gasteiger partial charge is 0.497 e. The molecule has 152 valence electrons. The van der Waals surface area contributed by atoms with E-state index in [0.717, 1.165) is 22.2 Å². The van der Waals surface area contributed by atoms with Crippen LogP contribution in [-0.2, 0) is 17.9 Å². The molecule has 29 heavy (non-hydrogen) atoms. The molecule has 0 saturated carbocycles. The Bertz CT molecular complexity index is 1080. The van der Waals surface area contributed by atoms with Crippen LogP contribution >= 0.6 is 27.7 Å². The maximum absolute atomic E-state index is 12.9. The van der Waals surface area contributed by atoms with E-state index in [4.69, 9.17) is 4.74 Å². The predicted octanol–water partition coefficient (Wildman–Crippen LogP) is 3.99. The molecule has 0 aliphatic rings. The van der Waals surface area contributed by atoms with Gasteiger partial charge in [0.25, 0.3) is 5.56 Å². The van der Waals surface area contributed by atoms with E-state index in [9.17, 15) is 9.59 Å². The molecule has 0 unspecified atom stereocenters. The number of fused-ring (bicyclic) bond motifs is 1. The molecule has 1 heterocycles. The monoisotopic (exact) mass is 475 g/mol. The Hall–Kier alpha value is -2.32. The predicted molar refractivity (Wildman–Crippen MR) is 120 cm³/mol. The fraction of sp³-hybridized carbons (Fsp3) is 0.286. The van der Waals surface area contributed by atoms with E-state index in [2.05, 4.69) is 26.2 Å². The first kappa shape index (κ1) is 21.4. The molecule has 0 saturated heterocycles. The van der Waals surface area contributed by atoms with E-state index in [1.165, 1.54) is 11.8 Å². The minimum absolute atomic E-state index is 0.0857. The standard InChI is InChI=1S/C21H22BrN3O3S/c1-3-9-25-20(27)17-11-15(22)7-8-18(17)24-21(25)29-13-19(26)23-12-14-5-4-6-16(10-14)28-2/h4-8,10-11H,3,9,12-13H2,1-2H3,(H,23,26). The summed E-state index contributed by atoms with van der Waals surface area (Å²) >= 11 is 4.68. The van der Waals surface area contributed by atoms with Crippen LogP contribution in [0.1, 0.15) is 18.9 Å². The summed E-state index contributed by atoms with van der Waals surface area (Å²) in [6, 6.07) is 13.0. The molecule has 1 aromatic heterocycles. The van der Waals surface area contributed by atoms with Gasteiger partial charge in [-0.15, -0.1) is 0 Å². The fourth-order valence-corrected chi connectivity index (χ4v) is 4.08. The van der Waals surface area contributed by atoms with E-state index in [0.29, 0.717) is 29.1 Å². The molecule has 0 aliphatic carbocycles. The summed E-state index contributed by atoms with van der Waals surface area (Å²) in [5, 5.41) is 4.02. The quantitative estimate of drug-likeness (QED) is 0.393. The minimum atomic E-state index is -0.119. The van der Waals surface area contributed by atoms with Crippen molar-refractivity contribution < 1.29 is 9.53 Å². The topological polar surface area (TPSA) is 73.2 Å². The fourth-order valence-electron chi connectivity index (χ4n) is 2.87. The van der Waals surface area contributed by atoms with Gasteiger partial charge >= 0.3 is 0 Å². The first-order valence-corrected chi connectivity index (χ1v) is 11.0. The number of aromatic nitrogens is 2. The summed E-state index contributed by atoms with van der Waals surface area (Å²) in [6.07, 6.45) is 0.802. The van der Waals surface area contributed by atoms with Gasteiger partial charge < -0.3 is 10.1 Å². The van der Waals surface area contributed by atoms with Crippen LogP contribution in [0.25, 0.3) is 10.9 Å². The number of hydrogen-bond donors (Lipinski definition) is 1. The van der Waals surface area contributed by atoms with E-state index >= 15 is 0 Å². The number of hydrogen-bond acceptors (Lipinski definition) is 5. The first-order valence-electron chi connectivity index (χ1n) is 9.24. The summed E-state index contributed by atoms with van der Waals surface area (Å²) in [4.78, 5) is 29.8. The zero-order chi connectivity index (χ0) is 20.8. The van der Waals surface area contributed by atoms with Crippen LogP contribution < -0.4 is 15.6 Å². The van der Waals surface area contributed by atoms with Crippen molar-refractivity contribution in [3.05, 3.63) is 62.9 Å². The van der Waals surface area contributed by atoms with E-state index < -0.39 is 0 Å². The van der Waals surface area contributed by atoms with E-state index in [1.54, 1.807) is 17.7 Å². The Morgan fingerprint density at radius 3 is 2.86 bits per heavy atom. The van der Waals surface area contributed by atoms with Crippen LogP contribution in [0.15, 0.2) is 56.9 Å². The number of amides is 1. The highest BCUT2D eigenvalue weighted by Crippen LogP contribution is 2.21. The molecule has 6 nitrogen and oxygen atoms in total. The SMILES string of the molecule is CCCn1c(SCC(=O)NCc2cccc(OC)c2)nc2ccc(Br)cc2c1=O. The number of carbonyl (C=O) groups is 1. The summed E-state index contributed by atoms with van der Waals surface area (Å²) in [5.74, 6) is 0.815. The molecule has 2 aromatic carbocycles. The lowest BCUT2D eigenvalue weighted by Crippen LogP contribution is -2.26. The van der Waals surface area contributed by atoms with Gasteiger partial charge in [-0.3, -0.25) is 14.2 Å². The number of nitrogens with zero attached hydrogens (tertiary/aromatic N) is 2. The second kappa shape index (κ2) is 9.93. The Balaban J connectivity index is 1.72. The van der Waals surface area contributed by atoms with E-state index in [1.807, 2.05) is 43.3 Å². The average molecular weight is 476 g/mol. The normalized spacial score (nSPS) is 10.9. The first-order chi connectivity index (χ1) is 14.0. The zero-order valence-corrected chi connectivity index (χ0v) is 18.7. The van der Waals surface area contributed by atoms with E-state index in [-0.39, 0.29) is 17.2 Å².